The minimum atomic E-state index is -0.244. The lowest BCUT2D eigenvalue weighted by molar-refractivity contribution is 0.0736. The predicted octanol–water partition coefficient (Wildman–Crippen LogP) is 2.71. The number of hydrogen-bond donors (Lipinski definition) is 1. The molecule has 0 aliphatic carbocycles. The molecule has 6 nitrogen and oxygen atoms in total. The molecule has 0 saturated heterocycles. The van der Waals surface area contributed by atoms with Crippen molar-refractivity contribution in [2.45, 2.75) is 32.7 Å². The number of carbonyl (C=O) groups is 1. The molecule has 1 unspecified atom stereocenters. The molecule has 1 heterocycles. The quantitative estimate of drug-likeness (QED) is 0.846. The van der Waals surface area contributed by atoms with Crippen molar-refractivity contribution in [3.8, 4) is 5.69 Å². The molecule has 0 bridgehead atoms. The van der Waals surface area contributed by atoms with Crippen LogP contribution in [0.4, 0.5) is 0 Å². The van der Waals surface area contributed by atoms with Crippen LogP contribution in [0.1, 0.15) is 36.7 Å². The molecule has 2 rings (SSSR count). The zero-order chi connectivity index (χ0) is 17.0. The molecule has 0 aliphatic rings. The number of benzene rings is 1. The minimum Gasteiger partial charge on any atom is -0.335 e. The first-order valence-electron chi connectivity index (χ1n) is 7.67. The summed E-state index contributed by atoms with van der Waals surface area (Å²) in [7, 11) is 1.70. The molecule has 132 valence electrons. The first-order chi connectivity index (χ1) is 11.0. The molecule has 1 amide bonds. The number of nitrogens with zero attached hydrogens (tertiary/aromatic N) is 4. The van der Waals surface area contributed by atoms with Gasteiger partial charge in [0, 0.05) is 26.1 Å². The summed E-state index contributed by atoms with van der Waals surface area (Å²) < 4.78 is 1.65. The van der Waals surface area contributed by atoms with Crippen LogP contribution in [0.15, 0.2) is 24.3 Å². The molecule has 0 spiro atoms. The highest BCUT2D eigenvalue weighted by Gasteiger charge is 2.23. The van der Waals surface area contributed by atoms with Gasteiger partial charge >= 0.3 is 0 Å². The molecule has 0 aliphatic heterocycles. The van der Waals surface area contributed by atoms with Gasteiger partial charge in [-0.25, -0.2) is 9.67 Å². The summed E-state index contributed by atoms with van der Waals surface area (Å²) in [5.41, 5.74) is 6.35. The normalized spacial score (nSPS) is 11.7. The zero-order valence-corrected chi connectivity index (χ0v) is 15.6. The molecule has 2 aromatic rings. The van der Waals surface area contributed by atoms with E-state index in [1.165, 1.54) is 0 Å². The van der Waals surface area contributed by atoms with E-state index < -0.39 is 0 Å². The van der Waals surface area contributed by atoms with Crippen molar-refractivity contribution >= 4 is 29.9 Å². The Bertz CT molecular complexity index is 689. The third-order valence-electron chi connectivity index (χ3n) is 3.74. The largest absolute Gasteiger partial charge is 0.335 e. The van der Waals surface area contributed by atoms with Crippen molar-refractivity contribution in [3.05, 3.63) is 40.9 Å². The highest BCUT2D eigenvalue weighted by Crippen LogP contribution is 2.21. The standard InChI is InChI=1S/C16H22ClN5O.ClH/c1-4-7-14-19-15(16(23)21(3)11(2)10-18)20-22(14)13-9-6-5-8-12(13)17;/h5-6,8-9,11H,4,7,10,18H2,1-3H3;1H. The Balaban J connectivity index is 0.00000288. The number of nitrogens with two attached hydrogens (primary N) is 1. The summed E-state index contributed by atoms with van der Waals surface area (Å²) in [6, 6.07) is 7.30. The Morgan fingerprint density at radius 1 is 1.42 bits per heavy atom. The Morgan fingerprint density at radius 3 is 2.67 bits per heavy atom. The van der Waals surface area contributed by atoms with Crippen LogP contribution in [-0.4, -0.2) is 45.2 Å². The Morgan fingerprint density at radius 2 is 2.08 bits per heavy atom. The van der Waals surface area contributed by atoms with Gasteiger partial charge in [0.1, 0.15) is 5.82 Å². The van der Waals surface area contributed by atoms with Crippen LogP contribution in [0.3, 0.4) is 0 Å². The summed E-state index contributed by atoms with van der Waals surface area (Å²) in [5, 5.41) is 4.95. The third-order valence-corrected chi connectivity index (χ3v) is 4.06. The molecule has 2 N–H and O–H groups in total. The maximum atomic E-state index is 12.5. The van der Waals surface area contributed by atoms with E-state index in [0.29, 0.717) is 18.0 Å². The summed E-state index contributed by atoms with van der Waals surface area (Å²) in [4.78, 5) is 18.5. The summed E-state index contributed by atoms with van der Waals surface area (Å²) in [5.74, 6) is 0.639. The van der Waals surface area contributed by atoms with E-state index >= 15 is 0 Å². The number of para-hydroxylation sites is 1. The SMILES string of the molecule is CCCc1nc(C(=O)N(C)C(C)CN)nn1-c1ccccc1Cl.Cl. The fourth-order valence-electron chi connectivity index (χ4n) is 2.15. The van der Waals surface area contributed by atoms with Crippen LogP contribution in [-0.2, 0) is 6.42 Å². The van der Waals surface area contributed by atoms with Crippen LogP contribution in [0.2, 0.25) is 5.02 Å². The lowest BCUT2D eigenvalue weighted by Crippen LogP contribution is -2.40. The topological polar surface area (TPSA) is 77.0 Å². The zero-order valence-electron chi connectivity index (χ0n) is 14.1. The second-order valence-electron chi connectivity index (χ2n) is 5.47. The molecule has 0 saturated carbocycles. The molecule has 1 aromatic heterocycles. The van der Waals surface area contributed by atoms with Gasteiger partial charge in [0.25, 0.3) is 5.91 Å². The van der Waals surface area contributed by atoms with Crippen LogP contribution < -0.4 is 5.73 Å². The molecular weight excluding hydrogens is 349 g/mol. The van der Waals surface area contributed by atoms with Crippen molar-refractivity contribution < 1.29 is 4.79 Å². The molecule has 8 heteroatoms. The number of carbonyl (C=O) groups excluding carboxylic acids is 1. The second-order valence-corrected chi connectivity index (χ2v) is 5.87. The Kier molecular flexibility index (Phi) is 7.66. The number of aromatic nitrogens is 3. The molecule has 1 aromatic carbocycles. The Hall–Kier alpha value is -1.63. The van der Waals surface area contributed by atoms with Gasteiger partial charge in [0.05, 0.1) is 10.7 Å². The van der Waals surface area contributed by atoms with E-state index in [9.17, 15) is 4.79 Å². The van der Waals surface area contributed by atoms with E-state index in [0.717, 1.165) is 17.9 Å². The summed E-state index contributed by atoms with van der Waals surface area (Å²) >= 11 is 6.25. The lowest BCUT2D eigenvalue weighted by Gasteiger charge is -2.21. The van der Waals surface area contributed by atoms with Gasteiger partial charge in [-0.2, -0.15) is 0 Å². The van der Waals surface area contributed by atoms with Crippen LogP contribution >= 0.6 is 24.0 Å². The fraction of sp³-hybridized carbons (Fsp3) is 0.438. The van der Waals surface area contributed by atoms with Crippen molar-refractivity contribution in [1.82, 2.24) is 19.7 Å². The van der Waals surface area contributed by atoms with E-state index in [2.05, 4.69) is 17.0 Å². The van der Waals surface area contributed by atoms with Crippen LogP contribution in [0.25, 0.3) is 5.69 Å². The first-order valence-corrected chi connectivity index (χ1v) is 8.05. The van der Waals surface area contributed by atoms with Gasteiger partial charge in [-0.05, 0) is 25.5 Å². The average Bonchev–Trinajstić information content (AvgIpc) is 2.97. The summed E-state index contributed by atoms with van der Waals surface area (Å²) in [6.07, 6.45) is 1.60. The molecule has 0 fully saturated rings. The Labute approximate surface area is 153 Å². The highest BCUT2D eigenvalue weighted by molar-refractivity contribution is 6.32. The van der Waals surface area contributed by atoms with Crippen molar-refractivity contribution in [2.75, 3.05) is 13.6 Å². The van der Waals surface area contributed by atoms with Gasteiger partial charge < -0.3 is 10.6 Å². The molecular formula is C16H23Cl2N5O. The molecule has 24 heavy (non-hydrogen) atoms. The number of hydrogen-bond acceptors (Lipinski definition) is 4. The highest BCUT2D eigenvalue weighted by atomic mass is 35.5. The number of likely N-dealkylation sites (N-methyl/N-ethyl adjacent to an activating group) is 1. The van der Waals surface area contributed by atoms with Crippen LogP contribution in [0, 0.1) is 0 Å². The smallest absolute Gasteiger partial charge is 0.293 e. The van der Waals surface area contributed by atoms with Crippen LogP contribution in [0.5, 0.6) is 0 Å². The monoisotopic (exact) mass is 371 g/mol. The van der Waals surface area contributed by atoms with Crippen molar-refractivity contribution in [1.29, 1.82) is 0 Å². The maximum Gasteiger partial charge on any atom is 0.293 e. The number of rotatable bonds is 6. The van der Waals surface area contributed by atoms with Gasteiger partial charge in [-0.1, -0.05) is 30.7 Å². The first kappa shape index (κ1) is 20.4. The van der Waals surface area contributed by atoms with Crippen molar-refractivity contribution in [2.24, 2.45) is 5.73 Å². The number of amides is 1. The number of halogens is 2. The lowest BCUT2D eigenvalue weighted by atomic mass is 10.3. The molecule has 0 radical (unpaired) electrons. The maximum absolute atomic E-state index is 12.5. The third kappa shape index (κ3) is 4.26. The van der Waals surface area contributed by atoms with Gasteiger partial charge in [0.2, 0.25) is 5.82 Å². The average molecular weight is 372 g/mol. The van der Waals surface area contributed by atoms with Crippen molar-refractivity contribution in [3.63, 3.8) is 0 Å². The number of aryl methyl sites for hydroxylation is 1. The second kappa shape index (κ2) is 9.01. The van der Waals surface area contributed by atoms with Gasteiger partial charge in [-0.15, -0.1) is 17.5 Å². The van der Waals surface area contributed by atoms with Gasteiger partial charge in [0.15, 0.2) is 0 Å². The van der Waals surface area contributed by atoms with E-state index in [-0.39, 0.29) is 30.2 Å². The molecule has 1 atom stereocenters. The van der Waals surface area contributed by atoms with Gasteiger partial charge in [-0.3, -0.25) is 4.79 Å². The fourth-order valence-corrected chi connectivity index (χ4v) is 2.37. The minimum absolute atomic E-state index is 0. The van der Waals surface area contributed by atoms with E-state index in [4.69, 9.17) is 17.3 Å². The summed E-state index contributed by atoms with van der Waals surface area (Å²) in [6.45, 7) is 4.32. The van der Waals surface area contributed by atoms with E-state index in [1.54, 1.807) is 22.7 Å². The predicted molar refractivity (Wildman–Crippen MR) is 98.2 cm³/mol. The van der Waals surface area contributed by atoms with E-state index in [1.807, 2.05) is 25.1 Å².